The summed E-state index contributed by atoms with van der Waals surface area (Å²) in [7, 11) is -3.90. The van der Waals surface area contributed by atoms with Crippen LogP contribution in [0.25, 0.3) is 0 Å². The molecule has 6 heteroatoms. The quantitative estimate of drug-likeness (QED) is 0.882. The van der Waals surface area contributed by atoms with Crippen molar-refractivity contribution in [3.8, 4) is 0 Å². The van der Waals surface area contributed by atoms with Crippen LogP contribution in [0, 0.1) is 6.92 Å². The Morgan fingerprint density at radius 3 is 2.17 bits per heavy atom. The number of rotatable bonds is 6. The molecule has 2 rings (SSSR count). The second kappa shape index (κ2) is 6.93. The van der Waals surface area contributed by atoms with Crippen molar-refractivity contribution >= 4 is 16.0 Å². The molecule has 23 heavy (non-hydrogen) atoms. The molecule has 2 aromatic rings. The largest absolute Gasteiger partial charge is 0.480 e. The van der Waals surface area contributed by atoms with Gasteiger partial charge in [0.2, 0.25) is 10.0 Å². The minimum atomic E-state index is -3.90. The summed E-state index contributed by atoms with van der Waals surface area (Å²) in [5.41, 5.74) is 1.79. The highest BCUT2D eigenvalue weighted by molar-refractivity contribution is 7.89. The molecule has 5 nitrogen and oxygen atoms in total. The van der Waals surface area contributed by atoms with Gasteiger partial charge in [0.1, 0.15) is 6.04 Å². The Balaban J connectivity index is 2.42. The number of hydrogen-bond acceptors (Lipinski definition) is 3. The fourth-order valence-electron chi connectivity index (χ4n) is 2.15. The molecule has 0 aromatic heterocycles. The molecular formula is C17H19NO4S. The van der Waals surface area contributed by atoms with Gasteiger partial charge in [0.25, 0.3) is 0 Å². The first-order valence-corrected chi connectivity index (χ1v) is 8.61. The molecule has 0 saturated heterocycles. The summed E-state index contributed by atoms with van der Waals surface area (Å²) < 4.78 is 26.6. The first-order valence-electron chi connectivity index (χ1n) is 7.17. The zero-order chi connectivity index (χ0) is 17.0. The normalized spacial score (nSPS) is 13.0. The highest BCUT2D eigenvalue weighted by Gasteiger charge is 2.32. The molecule has 0 aliphatic rings. The Labute approximate surface area is 136 Å². The number of carboxylic acid groups (broad SMARTS) is 1. The van der Waals surface area contributed by atoms with Crippen LogP contribution in [0.4, 0.5) is 0 Å². The van der Waals surface area contributed by atoms with Crippen molar-refractivity contribution in [3.05, 3.63) is 65.7 Å². The molecule has 0 aliphatic carbocycles. The second-order valence-corrected chi connectivity index (χ2v) is 7.25. The van der Waals surface area contributed by atoms with Crippen LogP contribution in [-0.4, -0.2) is 29.8 Å². The van der Waals surface area contributed by atoms with Crippen molar-refractivity contribution in [2.24, 2.45) is 0 Å². The van der Waals surface area contributed by atoms with E-state index in [0.717, 1.165) is 15.4 Å². The lowest BCUT2D eigenvalue weighted by molar-refractivity contribution is -0.141. The van der Waals surface area contributed by atoms with Crippen LogP contribution >= 0.6 is 0 Å². The number of carbonyl (C=O) groups is 1. The van der Waals surface area contributed by atoms with E-state index in [1.807, 2.05) is 19.1 Å². The van der Waals surface area contributed by atoms with Gasteiger partial charge in [0.15, 0.2) is 0 Å². The summed E-state index contributed by atoms with van der Waals surface area (Å²) >= 11 is 0. The lowest BCUT2D eigenvalue weighted by atomic mass is 10.1. The Morgan fingerprint density at radius 1 is 1.09 bits per heavy atom. The average Bonchev–Trinajstić information content (AvgIpc) is 2.54. The smallest absolute Gasteiger partial charge is 0.321 e. The van der Waals surface area contributed by atoms with Crippen LogP contribution in [0.15, 0.2) is 59.5 Å². The van der Waals surface area contributed by atoms with Crippen molar-refractivity contribution in [1.82, 2.24) is 4.31 Å². The van der Waals surface area contributed by atoms with E-state index in [1.165, 1.54) is 19.1 Å². The number of hydrogen-bond donors (Lipinski definition) is 1. The molecule has 0 fully saturated rings. The Kier molecular flexibility index (Phi) is 5.18. The van der Waals surface area contributed by atoms with Gasteiger partial charge in [-0.2, -0.15) is 4.31 Å². The van der Waals surface area contributed by atoms with Gasteiger partial charge in [-0.1, -0.05) is 48.0 Å². The summed E-state index contributed by atoms with van der Waals surface area (Å²) in [5.74, 6) is -1.18. The van der Waals surface area contributed by atoms with Gasteiger partial charge < -0.3 is 5.11 Å². The zero-order valence-corrected chi connectivity index (χ0v) is 13.8. The van der Waals surface area contributed by atoms with Crippen molar-refractivity contribution in [1.29, 1.82) is 0 Å². The van der Waals surface area contributed by atoms with Crippen molar-refractivity contribution in [3.63, 3.8) is 0 Å². The molecule has 122 valence electrons. The summed E-state index contributed by atoms with van der Waals surface area (Å²) in [6, 6.07) is 14.0. The number of nitrogens with zero attached hydrogens (tertiary/aromatic N) is 1. The van der Waals surface area contributed by atoms with Crippen LogP contribution in [-0.2, 0) is 21.4 Å². The van der Waals surface area contributed by atoms with Crippen LogP contribution in [0.3, 0.4) is 0 Å². The molecule has 1 N–H and O–H groups in total. The highest BCUT2D eigenvalue weighted by atomic mass is 32.2. The van der Waals surface area contributed by atoms with Crippen molar-refractivity contribution in [2.75, 3.05) is 0 Å². The maximum atomic E-state index is 12.8. The summed E-state index contributed by atoms with van der Waals surface area (Å²) in [5, 5.41) is 9.28. The van der Waals surface area contributed by atoms with Crippen molar-refractivity contribution < 1.29 is 18.3 Å². The minimum absolute atomic E-state index is 0.00493. The van der Waals surface area contributed by atoms with Gasteiger partial charge in [0, 0.05) is 6.54 Å². The molecule has 1 unspecified atom stereocenters. The molecule has 0 amide bonds. The van der Waals surface area contributed by atoms with Crippen molar-refractivity contribution in [2.45, 2.75) is 31.3 Å². The lowest BCUT2D eigenvalue weighted by Crippen LogP contribution is -2.42. The van der Waals surface area contributed by atoms with Gasteiger partial charge in [-0.15, -0.1) is 0 Å². The van der Waals surface area contributed by atoms with Gasteiger partial charge in [0.05, 0.1) is 4.90 Å². The monoisotopic (exact) mass is 333 g/mol. The highest BCUT2D eigenvalue weighted by Crippen LogP contribution is 2.21. The number of carboxylic acids is 1. The van der Waals surface area contributed by atoms with E-state index in [9.17, 15) is 18.3 Å². The summed E-state index contributed by atoms with van der Waals surface area (Å²) in [4.78, 5) is 11.4. The summed E-state index contributed by atoms with van der Waals surface area (Å²) in [6.45, 7) is 3.31. The number of aryl methyl sites for hydroxylation is 1. The Morgan fingerprint density at radius 2 is 1.65 bits per heavy atom. The van der Waals surface area contributed by atoms with E-state index in [1.54, 1.807) is 30.3 Å². The molecular weight excluding hydrogens is 314 g/mol. The van der Waals surface area contributed by atoms with Crippen LogP contribution in [0.1, 0.15) is 18.1 Å². The molecule has 2 aromatic carbocycles. The number of sulfonamides is 1. The first kappa shape index (κ1) is 17.2. The number of aliphatic carboxylic acids is 1. The molecule has 0 bridgehead atoms. The molecule has 0 spiro atoms. The van der Waals surface area contributed by atoms with Crippen LogP contribution in [0.5, 0.6) is 0 Å². The maximum Gasteiger partial charge on any atom is 0.321 e. The van der Waals surface area contributed by atoms with Gasteiger partial charge in [-0.3, -0.25) is 4.79 Å². The predicted octanol–water partition coefficient (Wildman–Crippen LogP) is 2.66. The zero-order valence-electron chi connectivity index (χ0n) is 13.0. The van der Waals surface area contributed by atoms with Crippen LogP contribution < -0.4 is 0 Å². The minimum Gasteiger partial charge on any atom is -0.480 e. The maximum absolute atomic E-state index is 12.8. The molecule has 0 heterocycles. The van der Waals surface area contributed by atoms with E-state index >= 15 is 0 Å². The van der Waals surface area contributed by atoms with E-state index in [2.05, 4.69) is 0 Å². The molecule has 0 saturated carbocycles. The Bertz CT molecular complexity index is 770. The molecule has 0 aliphatic heterocycles. The summed E-state index contributed by atoms with van der Waals surface area (Å²) in [6.07, 6.45) is 0. The third-order valence-corrected chi connectivity index (χ3v) is 5.53. The third kappa shape index (κ3) is 3.97. The molecule has 0 radical (unpaired) electrons. The predicted molar refractivity (Wildman–Crippen MR) is 87.4 cm³/mol. The van der Waals surface area contributed by atoms with Gasteiger partial charge in [-0.05, 0) is 31.5 Å². The van der Waals surface area contributed by atoms with E-state index in [4.69, 9.17) is 0 Å². The third-order valence-electron chi connectivity index (χ3n) is 3.60. The number of benzene rings is 2. The van der Waals surface area contributed by atoms with E-state index in [0.29, 0.717) is 0 Å². The first-order chi connectivity index (χ1) is 10.8. The topological polar surface area (TPSA) is 74.7 Å². The fourth-order valence-corrected chi connectivity index (χ4v) is 3.75. The second-order valence-electron chi connectivity index (χ2n) is 5.36. The SMILES string of the molecule is Cc1ccc(CN(C(C)C(=O)O)S(=O)(=O)c2ccccc2)cc1. The van der Waals surface area contributed by atoms with E-state index < -0.39 is 22.0 Å². The van der Waals surface area contributed by atoms with Crippen LogP contribution in [0.2, 0.25) is 0 Å². The van der Waals surface area contributed by atoms with E-state index in [-0.39, 0.29) is 11.4 Å². The standard InChI is InChI=1S/C17H19NO4S/c1-13-8-10-15(11-9-13)12-18(14(2)17(19)20)23(21,22)16-6-4-3-5-7-16/h3-11,14H,12H2,1-2H3,(H,19,20). The van der Waals surface area contributed by atoms with Gasteiger partial charge >= 0.3 is 5.97 Å². The fraction of sp³-hybridized carbons (Fsp3) is 0.235. The van der Waals surface area contributed by atoms with Gasteiger partial charge in [-0.25, -0.2) is 8.42 Å². The average molecular weight is 333 g/mol. The lowest BCUT2D eigenvalue weighted by Gasteiger charge is -2.26. The molecule has 1 atom stereocenters. The Hall–Kier alpha value is -2.18.